The lowest BCUT2D eigenvalue weighted by molar-refractivity contribution is -0.225. The molecule has 0 bridgehead atoms. The number of halogens is 4. The van der Waals surface area contributed by atoms with Crippen LogP contribution in [-0.4, -0.2) is 24.7 Å². The average Bonchev–Trinajstić information content (AvgIpc) is 2.61. The van der Waals surface area contributed by atoms with E-state index in [1.807, 2.05) is 0 Å². The lowest BCUT2D eigenvalue weighted by atomic mass is 9.86. The van der Waals surface area contributed by atoms with Crippen LogP contribution >= 0.6 is 15.9 Å². The van der Waals surface area contributed by atoms with Crippen molar-refractivity contribution in [2.45, 2.75) is 24.6 Å². The summed E-state index contributed by atoms with van der Waals surface area (Å²) in [6, 6.07) is 6.43. The second-order valence-corrected chi connectivity index (χ2v) is 5.31. The lowest BCUT2D eigenvalue weighted by Crippen LogP contribution is -2.50. The summed E-state index contributed by atoms with van der Waals surface area (Å²) in [7, 11) is 1.54. The number of alkyl halides is 3. The summed E-state index contributed by atoms with van der Waals surface area (Å²) in [5.41, 5.74) is -1.48. The molecule has 0 aromatic heterocycles. The number of benzene rings is 1. The molecule has 1 nitrogen and oxygen atoms in total. The van der Waals surface area contributed by atoms with Crippen molar-refractivity contribution in [3.63, 3.8) is 0 Å². The van der Waals surface area contributed by atoms with Crippen LogP contribution in [0.5, 0.6) is 0 Å². The third-order valence-corrected chi connectivity index (χ3v) is 4.00. The predicted molar refractivity (Wildman–Crippen MR) is 63.7 cm³/mol. The topological polar surface area (TPSA) is 3.24 Å². The Labute approximate surface area is 107 Å². The summed E-state index contributed by atoms with van der Waals surface area (Å²) in [5, 5.41) is 0. The van der Waals surface area contributed by atoms with Crippen molar-refractivity contribution in [1.29, 1.82) is 0 Å². The van der Waals surface area contributed by atoms with Gasteiger partial charge in [-0.05, 0) is 44.1 Å². The monoisotopic (exact) mass is 307 g/mol. The van der Waals surface area contributed by atoms with Crippen molar-refractivity contribution in [3.05, 3.63) is 34.3 Å². The number of rotatable bonds is 1. The van der Waals surface area contributed by atoms with E-state index in [4.69, 9.17) is 0 Å². The quantitative estimate of drug-likeness (QED) is 0.760. The van der Waals surface area contributed by atoms with Crippen LogP contribution in [0, 0.1) is 0 Å². The van der Waals surface area contributed by atoms with Crippen LogP contribution in [-0.2, 0) is 5.54 Å². The van der Waals surface area contributed by atoms with Crippen LogP contribution in [0.25, 0.3) is 0 Å². The molecule has 2 rings (SSSR count). The van der Waals surface area contributed by atoms with Gasteiger partial charge in [0, 0.05) is 4.47 Å². The molecule has 0 aliphatic carbocycles. The molecule has 0 N–H and O–H groups in total. The Morgan fingerprint density at radius 1 is 1.24 bits per heavy atom. The van der Waals surface area contributed by atoms with E-state index in [2.05, 4.69) is 15.9 Å². The Hall–Kier alpha value is -0.550. The normalized spacial score (nSPS) is 26.4. The highest BCUT2D eigenvalue weighted by Gasteiger charge is 2.60. The summed E-state index contributed by atoms with van der Waals surface area (Å²) in [4.78, 5) is 1.41. The van der Waals surface area contributed by atoms with E-state index in [0.29, 0.717) is 18.5 Å². The average molecular weight is 308 g/mol. The van der Waals surface area contributed by atoms with Gasteiger partial charge in [0.25, 0.3) is 0 Å². The molecule has 0 spiro atoms. The molecule has 1 aliphatic heterocycles. The maximum absolute atomic E-state index is 13.4. The molecular weight excluding hydrogens is 295 g/mol. The zero-order chi connectivity index (χ0) is 12.7. The predicted octanol–water partition coefficient (Wildman–Crippen LogP) is 3.93. The summed E-state index contributed by atoms with van der Waals surface area (Å²) < 4.78 is 41.0. The zero-order valence-electron chi connectivity index (χ0n) is 9.39. The number of hydrogen-bond donors (Lipinski definition) is 0. The van der Waals surface area contributed by atoms with Crippen LogP contribution in [0.1, 0.15) is 18.4 Å². The highest BCUT2D eigenvalue weighted by atomic mass is 79.9. The van der Waals surface area contributed by atoms with Gasteiger partial charge in [0.2, 0.25) is 0 Å². The maximum Gasteiger partial charge on any atom is 0.410 e. The van der Waals surface area contributed by atoms with E-state index in [1.54, 1.807) is 31.3 Å². The second-order valence-electron chi connectivity index (χ2n) is 4.39. The molecule has 17 heavy (non-hydrogen) atoms. The first-order valence-corrected chi connectivity index (χ1v) is 6.21. The van der Waals surface area contributed by atoms with Crippen LogP contribution < -0.4 is 0 Å². The van der Waals surface area contributed by atoms with Gasteiger partial charge in [0.1, 0.15) is 5.54 Å². The Balaban J connectivity index is 2.51. The molecule has 1 atom stereocenters. The van der Waals surface area contributed by atoms with Gasteiger partial charge < -0.3 is 0 Å². The maximum atomic E-state index is 13.4. The largest absolute Gasteiger partial charge is 0.410 e. The smallest absolute Gasteiger partial charge is 0.289 e. The first-order chi connectivity index (χ1) is 7.88. The molecule has 1 aliphatic rings. The fourth-order valence-electron chi connectivity index (χ4n) is 2.57. The molecular formula is C12H13BrF3N. The fraction of sp³-hybridized carbons (Fsp3) is 0.500. The first kappa shape index (κ1) is 12.9. The van der Waals surface area contributed by atoms with Gasteiger partial charge in [0.15, 0.2) is 0 Å². The summed E-state index contributed by atoms with van der Waals surface area (Å²) in [6.45, 7) is 0.482. The second kappa shape index (κ2) is 4.28. The summed E-state index contributed by atoms with van der Waals surface area (Å²) in [5.74, 6) is 0. The molecule has 1 heterocycles. The van der Waals surface area contributed by atoms with Gasteiger partial charge >= 0.3 is 6.18 Å². The third kappa shape index (κ3) is 1.99. The third-order valence-electron chi connectivity index (χ3n) is 3.47. The highest BCUT2D eigenvalue weighted by Crippen LogP contribution is 2.49. The fourth-order valence-corrected chi connectivity index (χ4v) is 2.83. The van der Waals surface area contributed by atoms with Gasteiger partial charge in [-0.2, -0.15) is 13.2 Å². The molecule has 0 saturated carbocycles. The highest BCUT2D eigenvalue weighted by molar-refractivity contribution is 9.10. The van der Waals surface area contributed by atoms with Crippen molar-refractivity contribution in [1.82, 2.24) is 4.90 Å². The molecule has 1 aromatic carbocycles. The van der Waals surface area contributed by atoms with Crippen LogP contribution in [0.4, 0.5) is 13.2 Å². The molecule has 1 aromatic rings. The van der Waals surface area contributed by atoms with E-state index < -0.39 is 11.7 Å². The van der Waals surface area contributed by atoms with Crippen molar-refractivity contribution in [3.8, 4) is 0 Å². The number of likely N-dealkylation sites (tertiary alicyclic amines) is 1. The number of nitrogens with zero attached hydrogens (tertiary/aromatic N) is 1. The van der Waals surface area contributed by atoms with E-state index in [-0.39, 0.29) is 6.42 Å². The van der Waals surface area contributed by atoms with Crippen molar-refractivity contribution in [2.24, 2.45) is 0 Å². The minimum atomic E-state index is -4.24. The Morgan fingerprint density at radius 3 is 2.24 bits per heavy atom. The van der Waals surface area contributed by atoms with Gasteiger partial charge in [-0.3, -0.25) is 4.90 Å². The van der Waals surface area contributed by atoms with Crippen molar-refractivity contribution >= 4 is 15.9 Å². The minimum Gasteiger partial charge on any atom is -0.289 e. The van der Waals surface area contributed by atoms with Crippen molar-refractivity contribution in [2.75, 3.05) is 13.6 Å². The lowest BCUT2D eigenvalue weighted by Gasteiger charge is -2.38. The zero-order valence-corrected chi connectivity index (χ0v) is 11.0. The molecule has 5 heteroatoms. The molecule has 94 valence electrons. The van der Waals surface area contributed by atoms with E-state index >= 15 is 0 Å². The SMILES string of the molecule is CN1CCC[C@@]1(c1ccc(Br)cc1)C(F)(F)F. The van der Waals surface area contributed by atoms with E-state index in [0.717, 1.165) is 4.47 Å². The summed E-state index contributed by atoms with van der Waals surface area (Å²) >= 11 is 3.24. The standard InChI is InChI=1S/C12H13BrF3N/c1-17-8-2-7-11(17,12(14,15)16)9-3-5-10(13)6-4-9/h3-6H,2,7-8H2,1H3/t11-/m1/s1. The van der Waals surface area contributed by atoms with E-state index in [9.17, 15) is 13.2 Å². The molecule has 0 radical (unpaired) electrons. The Morgan fingerprint density at radius 2 is 1.82 bits per heavy atom. The summed E-state index contributed by atoms with van der Waals surface area (Å²) in [6.07, 6.45) is -3.53. The Kier molecular flexibility index (Phi) is 3.25. The van der Waals surface area contributed by atoms with Gasteiger partial charge in [-0.15, -0.1) is 0 Å². The number of hydrogen-bond acceptors (Lipinski definition) is 1. The van der Waals surface area contributed by atoms with Gasteiger partial charge in [0.05, 0.1) is 0 Å². The van der Waals surface area contributed by atoms with Gasteiger partial charge in [-0.1, -0.05) is 28.1 Å². The molecule has 1 saturated heterocycles. The van der Waals surface area contributed by atoms with E-state index in [1.165, 1.54) is 4.90 Å². The molecule has 1 fully saturated rings. The van der Waals surface area contributed by atoms with Crippen molar-refractivity contribution < 1.29 is 13.2 Å². The molecule has 0 amide bonds. The Bertz CT molecular complexity index is 401. The van der Waals surface area contributed by atoms with Crippen LogP contribution in [0.3, 0.4) is 0 Å². The van der Waals surface area contributed by atoms with Gasteiger partial charge in [-0.25, -0.2) is 0 Å². The van der Waals surface area contributed by atoms with Crippen LogP contribution in [0.2, 0.25) is 0 Å². The first-order valence-electron chi connectivity index (χ1n) is 5.42. The minimum absolute atomic E-state index is 0.134. The van der Waals surface area contributed by atoms with Crippen LogP contribution in [0.15, 0.2) is 28.7 Å². The molecule has 0 unspecified atom stereocenters.